The Labute approximate surface area is 155 Å². The van der Waals surface area contributed by atoms with Crippen LogP contribution in [0.25, 0.3) is 0 Å². The molecule has 1 aliphatic carbocycles. The monoisotopic (exact) mass is 362 g/mol. The smallest absolute Gasteiger partial charge is 0.255 e. The van der Waals surface area contributed by atoms with Crippen molar-refractivity contribution >= 4 is 5.91 Å². The number of likely N-dealkylation sites (tertiary alicyclic amines) is 1. The maximum atomic E-state index is 12.6. The summed E-state index contributed by atoms with van der Waals surface area (Å²) in [5.74, 6) is 1.58. The van der Waals surface area contributed by atoms with Crippen LogP contribution in [0.4, 0.5) is 0 Å². The van der Waals surface area contributed by atoms with Crippen LogP contribution in [-0.4, -0.2) is 61.9 Å². The number of hydrogen-bond donors (Lipinski definition) is 2. The van der Waals surface area contributed by atoms with Crippen molar-refractivity contribution in [1.29, 1.82) is 0 Å². The fraction of sp³-hybridized carbons (Fsp3) is 0.650. The molecule has 6 heteroatoms. The molecule has 0 unspecified atom stereocenters. The minimum Gasteiger partial charge on any atom is -0.497 e. The van der Waals surface area contributed by atoms with Crippen molar-refractivity contribution in [3.05, 3.63) is 23.8 Å². The van der Waals surface area contributed by atoms with E-state index < -0.39 is 6.10 Å². The van der Waals surface area contributed by atoms with Gasteiger partial charge in [0.1, 0.15) is 11.5 Å². The van der Waals surface area contributed by atoms with Crippen molar-refractivity contribution in [3.8, 4) is 11.5 Å². The molecule has 0 aromatic heterocycles. The molecule has 1 aromatic carbocycles. The second kappa shape index (κ2) is 9.24. The van der Waals surface area contributed by atoms with E-state index in [2.05, 4.69) is 10.2 Å². The van der Waals surface area contributed by atoms with Crippen molar-refractivity contribution in [1.82, 2.24) is 10.2 Å². The normalized spacial score (nSPS) is 19.0. The lowest BCUT2D eigenvalue weighted by atomic mass is 10.1. The van der Waals surface area contributed by atoms with Crippen LogP contribution in [0, 0.1) is 5.92 Å². The summed E-state index contributed by atoms with van der Waals surface area (Å²) < 4.78 is 11.1. The average molecular weight is 362 g/mol. The van der Waals surface area contributed by atoms with E-state index in [1.165, 1.54) is 32.1 Å². The zero-order valence-electron chi connectivity index (χ0n) is 15.6. The highest BCUT2D eigenvalue weighted by Crippen LogP contribution is 2.31. The number of nitrogens with zero attached hydrogens (tertiary/aromatic N) is 1. The predicted molar refractivity (Wildman–Crippen MR) is 99.8 cm³/mol. The van der Waals surface area contributed by atoms with Crippen LogP contribution in [0.1, 0.15) is 42.5 Å². The standard InChI is InChI=1S/C20H30N2O4/c1-25-17-7-8-18(19(11-17)26-14-15-5-6-15)20(24)21-12-16(23)13-22-9-3-2-4-10-22/h7-8,11,15-16,23H,2-6,9-10,12-14H2,1H3,(H,21,24)/t16-/m1/s1. The van der Waals surface area contributed by atoms with Gasteiger partial charge in [-0.3, -0.25) is 4.79 Å². The number of hydrogen-bond acceptors (Lipinski definition) is 5. The number of nitrogens with one attached hydrogen (secondary N) is 1. The second-order valence-corrected chi connectivity index (χ2v) is 7.34. The van der Waals surface area contributed by atoms with Gasteiger partial charge in [0.05, 0.1) is 25.4 Å². The largest absolute Gasteiger partial charge is 0.497 e. The van der Waals surface area contributed by atoms with Crippen LogP contribution in [0.5, 0.6) is 11.5 Å². The lowest BCUT2D eigenvalue weighted by Gasteiger charge is -2.28. The Kier molecular flexibility index (Phi) is 6.74. The van der Waals surface area contributed by atoms with E-state index in [9.17, 15) is 9.90 Å². The van der Waals surface area contributed by atoms with Crippen molar-refractivity contribution < 1.29 is 19.4 Å². The number of carbonyl (C=O) groups is 1. The molecule has 1 saturated heterocycles. The SMILES string of the molecule is COc1ccc(C(=O)NC[C@@H](O)CN2CCCCC2)c(OCC2CC2)c1. The van der Waals surface area contributed by atoms with Gasteiger partial charge in [-0.15, -0.1) is 0 Å². The van der Waals surface area contributed by atoms with E-state index in [0.717, 1.165) is 13.1 Å². The summed E-state index contributed by atoms with van der Waals surface area (Å²) in [6.07, 6.45) is 5.46. The molecular formula is C20H30N2O4. The maximum absolute atomic E-state index is 12.6. The Morgan fingerprint density at radius 1 is 1.31 bits per heavy atom. The molecule has 1 amide bonds. The topological polar surface area (TPSA) is 71.0 Å². The number of piperidine rings is 1. The van der Waals surface area contributed by atoms with E-state index in [1.54, 1.807) is 25.3 Å². The van der Waals surface area contributed by atoms with E-state index in [1.807, 2.05) is 0 Å². The van der Waals surface area contributed by atoms with E-state index in [0.29, 0.717) is 36.1 Å². The zero-order valence-corrected chi connectivity index (χ0v) is 15.6. The fourth-order valence-electron chi connectivity index (χ4n) is 3.24. The number of rotatable bonds is 9. The highest BCUT2D eigenvalue weighted by atomic mass is 16.5. The first-order valence-electron chi connectivity index (χ1n) is 9.65. The van der Waals surface area contributed by atoms with Gasteiger partial charge in [-0.2, -0.15) is 0 Å². The van der Waals surface area contributed by atoms with Gasteiger partial charge in [0.2, 0.25) is 0 Å². The Bertz CT molecular complexity index is 597. The molecule has 0 spiro atoms. The third kappa shape index (κ3) is 5.61. The van der Waals surface area contributed by atoms with Gasteiger partial charge in [-0.1, -0.05) is 6.42 Å². The van der Waals surface area contributed by atoms with Crippen LogP contribution >= 0.6 is 0 Å². The van der Waals surface area contributed by atoms with Gasteiger partial charge in [-0.05, 0) is 56.8 Å². The predicted octanol–water partition coefficient (Wildman–Crippen LogP) is 2.06. The zero-order chi connectivity index (χ0) is 18.4. The molecule has 1 saturated carbocycles. The highest BCUT2D eigenvalue weighted by molar-refractivity contribution is 5.97. The molecule has 0 radical (unpaired) electrons. The van der Waals surface area contributed by atoms with Gasteiger partial charge < -0.3 is 24.8 Å². The first-order valence-corrected chi connectivity index (χ1v) is 9.65. The third-order valence-corrected chi connectivity index (χ3v) is 5.02. The fourth-order valence-corrected chi connectivity index (χ4v) is 3.24. The molecule has 1 heterocycles. The molecule has 6 nitrogen and oxygen atoms in total. The first-order chi connectivity index (χ1) is 12.7. The quantitative estimate of drug-likeness (QED) is 0.704. The highest BCUT2D eigenvalue weighted by Gasteiger charge is 2.23. The van der Waals surface area contributed by atoms with Crippen molar-refractivity contribution in [2.45, 2.75) is 38.2 Å². The minimum atomic E-state index is -0.564. The van der Waals surface area contributed by atoms with Gasteiger partial charge in [0, 0.05) is 19.2 Å². The molecule has 2 fully saturated rings. The molecular weight excluding hydrogens is 332 g/mol. The number of methoxy groups -OCH3 is 1. The van der Waals surface area contributed by atoms with Crippen LogP contribution in [0.2, 0.25) is 0 Å². The van der Waals surface area contributed by atoms with Gasteiger partial charge in [0.25, 0.3) is 5.91 Å². The molecule has 0 bridgehead atoms. The van der Waals surface area contributed by atoms with E-state index in [4.69, 9.17) is 9.47 Å². The number of β-amino-alcohol motifs (C(OH)–C–C–N with tert-alkyl or cyclic N) is 1. The summed E-state index contributed by atoms with van der Waals surface area (Å²) >= 11 is 0. The first kappa shape index (κ1) is 19.0. The summed E-state index contributed by atoms with van der Waals surface area (Å²) in [6.45, 7) is 3.54. The third-order valence-electron chi connectivity index (χ3n) is 5.02. The molecule has 1 aliphatic heterocycles. The lowest BCUT2D eigenvalue weighted by molar-refractivity contribution is 0.0827. The van der Waals surface area contributed by atoms with Crippen LogP contribution in [-0.2, 0) is 0 Å². The van der Waals surface area contributed by atoms with Crippen LogP contribution < -0.4 is 14.8 Å². The Balaban J connectivity index is 1.53. The summed E-state index contributed by atoms with van der Waals surface area (Å²) in [7, 11) is 1.59. The van der Waals surface area contributed by atoms with Gasteiger partial charge >= 0.3 is 0 Å². The van der Waals surface area contributed by atoms with Gasteiger partial charge in [0.15, 0.2) is 0 Å². The van der Waals surface area contributed by atoms with E-state index >= 15 is 0 Å². The number of aliphatic hydroxyl groups is 1. The molecule has 1 aromatic rings. The minimum absolute atomic E-state index is 0.226. The summed E-state index contributed by atoms with van der Waals surface area (Å²) in [5, 5.41) is 13.1. The Morgan fingerprint density at radius 2 is 2.08 bits per heavy atom. The Morgan fingerprint density at radius 3 is 2.77 bits per heavy atom. The number of benzene rings is 1. The summed E-state index contributed by atoms with van der Waals surface area (Å²) in [6, 6.07) is 5.22. The molecule has 1 atom stereocenters. The van der Waals surface area contributed by atoms with E-state index in [-0.39, 0.29) is 12.5 Å². The summed E-state index contributed by atoms with van der Waals surface area (Å²) in [4.78, 5) is 14.8. The second-order valence-electron chi connectivity index (χ2n) is 7.34. The van der Waals surface area contributed by atoms with Crippen LogP contribution in [0.3, 0.4) is 0 Å². The van der Waals surface area contributed by atoms with Crippen molar-refractivity contribution in [2.24, 2.45) is 5.92 Å². The average Bonchev–Trinajstić information content (AvgIpc) is 3.49. The number of carbonyl (C=O) groups excluding carboxylic acids is 1. The number of aliphatic hydroxyl groups excluding tert-OH is 1. The molecule has 3 rings (SSSR count). The van der Waals surface area contributed by atoms with Gasteiger partial charge in [-0.25, -0.2) is 0 Å². The molecule has 2 aliphatic rings. The molecule has 2 N–H and O–H groups in total. The molecule has 144 valence electrons. The van der Waals surface area contributed by atoms with Crippen LogP contribution in [0.15, 0.2) is 18.2 Å². The number of amides is 1. The maximum Gasteiger partial charge on any atom is 0.255 e. The van der Waals surface area contributed by atoms with Crippen molar-refractivity contribution in [3.63, 3.8) is 0 Å². The molecule has 26 heavy (non-hydrogen) atoms. The lowest BCUT2D eigenvalue weighted by Crippen LogP contribution is -2.42. The van der Waals surface area contributed by atoms with Crippen molar-refractivity contribution in [2.75, 3.05) is 39.9 Å². The number of ether oxygens (including phenoxy) is 2. The summed E-state index contributed by atoms with van der Waals surface area (Å²) in [5.41, 5.74) is 0.483. The Hall–Kier alpha value is -1.79.